The van der Waals surface area contributed by atoms with Gasteiger partial charge in [-0.25, -0.2) is 0 Å². The molecular formula is C11H17NO. The molecule has 0 radical (unpaired) electrons. The van der Waals surface area contributed by atoms with Crippen LogP contribution in [0.4, 0.5) is 0 Å². The van der Waals surface area contributed by atoms with Crippen molar-refractivity contribution in [3.8, 4) is 0 Å². The van der Waals surface area contributed by atoms with Crippen molar-refractivity contribution < 1.29 is 4.42 Å². The summed E-state index contributed by atoms with van der Waals surface area (Å²) in [6.07, 6.45) is 7.00. The summed E-state index contributed by atoms with van der Waals surface area (Å²) in [5.74, 6) is 1.93. The molecule has 2 heteroatoms. The molecule has 1 fully saturated rings. The Morgan fingerprint density at radius 3 is 2.92 bits per heavy atom. The molecule has 1 aromatic rings. The van der Waals surface area contributed by atoms with Crippen molar-refractivity contribution in [2.45, 2.75) is 38.6 Å². The maximum atomic E-state index is 6.02. The van der Waals surface area contributed by atoms with Crippen molar-refractivity contribution in [1.82, 2.24) is 0 Å². The smallest absolute Gasteiger partial charge is 0.101 e. The molecule has 1 saturated carbocycles. The third kappa shape index (κ3) is 2.34. The summed E-state index contributed by atoms with van der Waals surface area (Å²) in [6.45, 7) is 1.96. The zero-order valence-corrected chi connectivity index (χ0v) is 8.12. The number of hydrogen-bond donors (Lipinski definition) is 1. The summed E-state index contributed by atoms with van der Waals surface area (Å²) < 4.78 is 5.23. The van der Waals surface area contributed by atoms with E-state index in [2.05, 4.69) is 0 Å². The Kier molecular flexibility index (Phi) is 2.40. The van der Waals surface area contributed by atoms with Gasteiger partial charge in [0.1, 0.15) is 5.76 Å². The molecule has 1 aliphatic rings. The quantitative estimate of drug-likeness (QED) is 0.772. The second-order valence-corrected chi connectivity index (χ2v) is 4.12. The molecule has 2 rings (SSSR count). The fourth-order valence-corrected chi connectivity index (χ4v) is 1.65. The van der Waals surface area contributed by atoms with Crippen molar-refractivity contribution in [1.29, 1.82) is 0 Å². The highest BCUT2D eigenvalue weighted by Gasteiger charge is 2.22. The van der Waals surface area contributed by atoms with Crippen LogP contribution in [-0.4, -0.2) is 0 Å². The van der Waals surface area contributed by atoms with Crippen molar-refractivity contribution >= 4 is 0 Å². The first-order valence-corrected chi connectivity index (χ1v) is 5.06. The maximum absolute atomic E-state index is 6.02. The van der Waals surface area contributed by atoms with Gasteiger partial charge in [0, 0.05) is 11.6 Å². The zero-order valence-electron chi connectivity index (χ0n) is 8.12. The van der Waals surface area contributed by atoms with Crippen LogP contribution in [0.3, 0.4) is 0 Å². The van der Waals surface area contributed by atoms with Gasteiger partial charge >= 0.3 is 0 Å². The Bertz CT molecular complexity index is 275. The van der Waals surface area contributed by atoms with E-state index in [0.29, 0.717) is 0 Å². The lowest BCUT2D eigenvalue weighted by atomic mass is 10.0. The van der Waals surface area contributed by atoms with Crippen LogP contribution in [0.5, 0.6) is 0 Å². The van der Waals surface area contributed by atoms with Gasteiger partial charge in [-0.1, -0.05) is 12.8 Å². The van der Waals surface area contributed by atoms with Gasteiger partial charge in [0.2, 0.25) is 0 Å². The molecule has 72 valence electrons. The Morgan fingerprint density at radius 1 is 1.62 bits per heavy atom. The van der Waals surface area contributed by atoms with Crippen molar-refractivity contribution in [2.75, 3.05) is 0 Å². The molecule has 0 aliphatic heterocycles. The van der Waals surface area contributed by atoms with Gasteiger partial charge in [-0.05, 0) is 31.7 Å². The largest absolute Gasteiger partial charge is 0.469 e. The van der Waals surface area contributed by atoms with Gasteiger partial charge < -0.3 is 10.2 Å². The van der Waals surface area contributed by atoms with Crippen LogP contribution < -0.4 is 5.73 Å². The molecule has 1 aliphatic carbocycles. The van der Waals surface area contributed by atoms with Crippen LogP contribution in [0.15, 0.2) is 16.7 Å². The van der Waals surface area contributed by atoms with Gasteiger partial charge in [-0.3, -0.25) is 0 Å². The first-order valence-electron chi connectivity index (χ1n) is 5.06. The summed E-state index contributed by atoms with van der Waals surface area (Å²) in [5.41, 5.74) is 7.18. The minimum atomic E-state index is 0.179. The predicted molar refractivity (Wildman–Crippen MR) is 52.3 cm³/mol. The number of rotatable bonds is 4. The Balaban J connectivity index is 1.84. The molecule has 1 unspecified atom stereocenters. The highest BCUT2D eigenvalue weighted by atomic mass is 16.3. The monoisotopic (exact) mass is 179 g/mol. The molecule has 1 heterocycles. The van der Waals surface area contributed by atoms with Crippen LogP contribution >= 0.6 is 0 Å². The van der Waals surface area contributed by atoms with E-state index in [1.807, 2.05) is 13.0 Å². The van der Waals surface area contributed by atoms with E-state index in [1.165, 1.54) is 19.3 Å². The molecule has 0 saturated heterocycles. The van der Waals surface area contributed by atoms with E-state index in [1.54, 1.807) is 6.26 Å². The Morgan fingerprint density at radius 2 is 2.38 bits per heavy atom. The number of aryl methyl sites for hydroxylation is 1. The van der Waals surface area contributed by atoms with Crippen LogP contribution in [0, 0.1) is 12.8 Å². The molecule has 13 heavy (non-hydrogen) atoms. The van der Waals surface area contributed by atoms with E-state index in [9.17, 15) is 0 Å². The lowest BCUT2D eigenvalue weighted by Gasteiger charge is -2.07. The normalized spacial score (nSPS) is 18.9. The van der Waals surface area contributed by atoms with Crippen LogP contribution in [0.1, 0.15) is 43.0 Å². The number of nitrogens with two attached hydrogens (primary N) is 1. The van der Waals surface area contributed by atoms with Crippen molar-refractivity contribution in [2.24, 2.45) is 11.7 Å². The molecule has 1 aromatic heterocycles. The van der Waals surface area contributed by atoms with Gasteiger partial charge in [0.25, 0.3) is 0 Å². The summed E-state index contributed by atoms with van der Waals surface area (Å²) in [5, 5.41) is 0. The average molecular weight is 179 g/mol. The lowest BCUT2D eigenvalue weighted by molar-refractivity contribution is 0.521. The van der Waals surface area contributed by atoms with Crippen molar-refractivity contribution in [3.05, 3.63) is 23.7 Å². The molecule has 2 N–H and O–H groups in total. The molecule has 0 amide bonds. The zero-order chi connectivity index (χ0) is 9.26. The van der Waals surface area contributed by atoms with E-state index in [4.69, 9.17) is 10.2 Å². The average Bonchev–Trinajstić information content (AvgIpc) is 2.84. The summed E-state index contributed by atoms with van der Waals surface area (Å²) in [7, 11) is 0. The van der Waals surface area contributed by atoms with Gasteiger partial charge in [0.05, 0.1) is 6.26 Å². The predicted octanol–water partition coefficient (Wildman–Crippen LogP) is 2.78. The molecule has 0 spiro atoms. The topological polar surface area (TPSA) is 39.2 Å². The van der Waals surface area contributed by atoms with E-state index < -0.39 is 0 Å². The third-order valence-corrected chi connectivity index (χ3v) is 2.76. The Hall–Kier alpha value is -0.760. The van der Waals surface area contributed by atoms with Crippen LogP contribution in [-0.2, 0) is 0 Å². The second kappa shape index (κ2) is 3.54. The van der Waals surface area contributed by atoms with Crippen molar-refractivity contribution in [3.63, 3.8) is 0 Å². The van der Waals surface area contributed by atoms with E-state index in [0.717, 1.165) is 23.7 Å². The fourth-order valence-electron chi connectivity index (χ4n) is 1.65. The molecule has 0 aromatic carbocycles. The third-order valence-electron chi connectivity index (χ3n) is 2.76. The second-order valence-electron chi connectivity index (χ2n) is 4.12. The number of hydrogen-bond acceptors (Lipinski definition) is 2. The highest BCUT2D eigenvalue weighted by Crippen LogP contribution is 2.35. The highest BCUT2D eigenvalue weighted by molar-refractivity contribution is 5.15. The van der Waals surface area contributed by atoms with Gasteiger partial charge in [-0.2, -0.15) is 0 Å². The minimum absolute atomic E-state index is 0.179. The lowest BCUT2D eigenvalue weighted by Crippen LogP contribution is -2.09. The minimum Gasteiger partial charge on any atom is -0.469 e. The first-order chi connectivity index (χ1) is 6.25. The fraction of sp³-hybridized carbons (Fsp3) is 0.636. The van der Waals surface area contributed by atoms with E-state index >= 15 is 0 Å². The molecule has 0 bridgehead atoms. The maximum Gasteiger partial charge on any atom is 0.101 e. The van der Waals surface area contributed by atoms with Gasteiger partial charge in [0.15, 0.2) is 0 Å². The molecule has 2 nitrogen and oxygen atoms in total. The molecule has 1 atom stereocenters. The summed E-state index contributed by atoms with van der Waals surface area (Å²) >= 11 is 0. The summed E-state index contributed by atoms with van der Waals surface area (Å²) in [4.78, 5) is 0. The van der Waals surface area contributed by atoms with E-state index in [-0.39, 0.29) is 6.04 Å². The SMILES string of the molecule is Cc1cc(C(N)CCC2CC2)co1. The Labute approximate surface area is 79.1 Å². The number of furan rings is 1. The van der Waals surface area contributed by atoms with Gasteiger partial charge in [-0.15, -0.1) is 0 Å². The molecular weight excluding hydrogens is 162 g/mol. The standard InChI is InChI=1S/C11H17NO/c1-8-6-10(7-13-8)11(12)5-4-9-2-3-9/h6-7,9,11H,2-5,12H2,1H3. The first kappa shape index (κ1) is 8.82. The van der Waals surface area contributed by atoms with Crippen LogP contribution in [0.25, 0.3) is 0 Å². The van der Waals surface area contributed by atoms with Crippen LogP contribution in [0.2, 0.25) is 0 Å². The summed E-state index contributed by atoms with van der Waals surface area (Å²) in [6, 6.07) is 2.22.